The van der Waals surface area contributed by atoms with Crippen molar-refractivity contribution in [3.63, 3.8) is 0 Å². The number of aryl methyl sites for hydroxylation is 1. The van der Waals surface area contributed by atoms with E-state index in [-0.39, 0.29) is 23.6 Å². The van der Waals surface area contributed by atoms with Crippen molar-refractivity contribution in [3.05, 3.63) is 59.7 Å². The molecule has 0 radical (unpaired) electrons. The Balaban J connectivity index is 2.16. The lowest BCUT2D eigenvalue weighted by atomic mass is 10.1. The van der Waals surface area contributed by atoms with Crippen LogP contribution >= 0.6 is 0 Å². The van der Waals surface area contributed by atoms with Crippen LogP contribution in [-0.2, 0) is 23.1 Å². The van der Waals surface area contributed by atoms with Gasteiger partial charge in [-0.3, -0.25) is 0 Å². The number of hydrogen-bond acceptors (Lipinski definition) is 4. The summed E-state index contributed by atoms with van der Waals surface area (Å²) in [5.74, 6) is 0.152. The van der Waals surface area contributed by atoms with Crippen molar-refractivity contribution in [2.45, 2.75) is 53.1 Å². The van der Waals surface area contributed by atoms with E-state index < -0.39 is 10.1 Å². The predicted molar refractivity (Wildman–Crippen MR) is 117 cm³/mol. The zero-order valence-corrected chi connectivity index (χ0v) is 18.3. The van der Waals surface area contributed by atoms with Gasteiger partial charge in [0.05, 0.1) is 5.75 Å². The smallest absolute Gasteiger partial charge is 0.322 e. The Bertz CT molecular complexity index is 911. The fraction of sp³-hybridized carbons (Fsp3) is 0.409. The van der Waals surface area contributed by atoms with Crippen LogP contribution in [0.25, 0.3) is 0 Å². The normalized spacial score (nSPS) is 12.3. The van der Waals surface area contributed by atoms with Crippen molar-refractivity contribution in [1.82, 2.24) is 4.90 Å². The van der Waals surface area contributed by atoms with Crippen LogP contribution in [0, 0.1) is 0 Å². The molecule has 29 heavy (non-hydrogen) atoms. The molecule has 1 unspecified atom stereocenters. The van der Waals surface area contributed by atoms with Gasteiger partial charge in [-0.05, 0) is 62.1 Å². The first-order valence-corrected chi connectivity index (χ1v) is 11.5. The van der Waals surface area contributed by atoms with Crippen molar-refractivity contribution < 1.29 is 17.4 Å². The minimum atomic E-state index is -3.59. The number of nitrogens with zero attached hydrogens (tertiary/aromatic N) is 1. The first-order chi connectivity index (χ1) is 13.8. The molecular formula is C22H30N2O4S. The van der Waals surface area contributed by atoms with E-state index in [2.05, 4.69) is 12.2 Å². The van der Waals surface area contributed by atoms with Gasteiger partial charge in [0, 0.05) is 18.3 Å². The average Bonchev–Trinajstić information content (AvgIpc) is 2.72. The first kappa shape index (κ1) is 22.7. The molecule has 2 aromatic rings. The van der Waals surface area contributed by atoms with E-state index >= 15 is 0 Å². The molecule has 6 nitrogen and oxygen atoms in total. The summed E-state index contributed by atoms with van der Waals surface area (Å²) >= 11 is 0. The standard InChI is InChI=1S/C22H30N2O4S/c1-5-17(4)24(22(25)23-20-13-11-18(6-2)12-14-20)16-19-9-8-10-21(15-19)28-29(26,27)7-3/h8-15,17H,5-7,16H2,1-4H3,(H,23,25). The summed E-state index contributed by atoms with van der Waals surface area (Å²) in [5, 5.41) is 2.95. The number of urea groups is 1. The number of amides is 2. The molecule has 0 saturated heterocycles. The molecule has 0 heterocycles. The molecule has 0 aromatic heterocycles. The number of nitrogens with one attached hydrogen (secondary N) is 1. The molecule has 1 atom stereocenters. The van der Waals surface area contributed by atoms with Gasteiger partial charge in [0.25, 0.3) is 0 Å². The lowest BCUT2D eigenvalue weighted by Crippen LogP contribution is -2.40. The molecule has 2 rings (SSSR count). The summed E-state index contributed by atoms with van der Waals surface area (Å²) in [4.78, 5) is 14.7. The summed E-state index contributed by atoms with van der Waals surface area (Å²) in [7, 11) is -3.59. The summed E-state index contributed by atoms with van der Waals surface area (Å²) in [6, 6.07) is 14.4. The molecule has 0 aliphatic heterocycles. The number of carbonyl (C=O) groups excluding carboxylic acids is 1. The Morgan fingerprint density at radius 1 is 1.07 bits per heavy atom. The fourth-order valence-corrected chi connectivity index (χ4v) is 3.28. The zero-order valence-electron chi connectivity index (χ0n) is 17.5. The zero-order chi connectivity index (χ0) is 21.4. The number of anilines is 1. The van der Waals surface area contributed by atoms with Gasteiger partial charge in [-0.1, -0.05) is 38.1 Å². The molecule has 0 fully saturated rings. The van der Waals surface area contributed by atoms with E-state index in [0.29, 0.717) is 6.54 Å². The lowest BCUT2D eigenvalue weighted by Gasteiger charge is -2.29. The van der Waals surface area contributed by atoms with E-state index in [1.807, 2.05) is 44.2 Å². The van der Waals surface area contributed by atoms with Gasteiger partial charge in [0.2, 0.25) is 0 Å². The summed E-state index contributed by atoms with van der Waals surface area (Å²) < 4.78 is 28.5. The molecule has 7 heteroatoms. The second-order valence-electron chi connectivity index (χ2n) is 6.94. The van der Waals surface area contributed by atoms with Gasteiger partial charge in [0.1, 0.15) is 5.75 Å². The van der Waals surface area contributed by atoms with Crippen LogP contribution in [-0.4, -0.2) is 31.1 Å². The molecule has 1 N–H and O–H groups in total. The molecular weight excluding hydrogens is 388 g/mol. The lowest BCUT2D eigenvalue weighted by molar-refractivity contribution is 0.187. The van der Waals surface area contributed by atoms with Crippen LogP contribution in [0.3, 0.4) is 0 Å². The van der Waals surface area contributed by atoms with Crippen LogP contribution in [0.5, 0.6) is 5.75 Å². The van der Waals surface area contributed by atoms with Crippen molar-refractivity contribution in [2.75, 3.05) is 11.1 Å². The third-order valence-corrected chi connectivity index (χ3v) is 5.98. The largest absolute Gasteiger partial charge is 0.382 e. The van der Waals surface area contributed by atoms with E-state index in [1.165, 1.54) is 12.5 Å². The highest BCUT2D eigenvalue weighted by Gasteiger charge is 2.20. The van der Waals surface area contributed by atoms with Crippen LogP contribution in [0.1, 0.15) is 45.2 Å². The molecule has 2 aromatic carbocycles. The molecule has 0 spiro atoms. The molecule has 158 valence electrons. The quantitative estimate of drug-likeness (QED) is 0.593. The Morgan fingerprint density at radius 2 is 1.76 bits per heavy atom. The van der Waals surface area contributed by atoms with E-state index in [9.17, 15) is 13.2 Å². The van der Waals surface area contributed by atoms with Gasteiger partial charge in [-0.15, -0.1) is 0 Å². The third-order valence-electron chi connectivity index (χ3n) is 4.83. The molecule has 2 amide bonds. The summed E-state index contributed by atoms with van der Waals surface area (Å²) in [6.07, 6.45) is 1.74. The maximum absolute atomic E-state index is 12.9. The van der Waals surface area contributed by atoms with Crippen molar-refractivity contribution in [2.24, 2.45) is 0 Å². The number of hydrogen-bond donors (Lipinski definition) is 1. The Labute approximate surface area is 174 Å². The van der Waals surface area contributed by atoms with Crippen LogP contribution in [0.4, 0.5) is 10.5 Å². The van der Waals surface area contributed by atoms with Crippen LogP contribution in [0.2, 0.25) is 0 Å². The topological polar surface area (TPSA) is 75.7 Å². The van der Waals surface area contributed by atoms with Crippen LogP contribution < -0.4 is 9.50 Å². The second kappa shape index (κ2) is 10.3. The Morgan fingerprint density at radius 3 is 2.34 bits per heavy atom. The van der Waals surface area contributed by atoms with Crippen molar-refractivity contribution in [1.29, 1.82) is 0 Å². The highest BCUT2D eigenvalue weighted by Crippen LogP contribution is 2.20. The average molecular weight is 419 g/mol. The third kappa shape index (κ3) is 6.78. The number of benzene rings is 2. The van der Waals surface area contributed by atoms with Crippen LogP contribution in [0.15, 0.2) is 48.5 Å². The highest BCUT2D eigenvalue weighted by atomic mass is 32.2. The number of rotatable bonds is 9. The van der Waals surface area contributed by atoms with Gasteiger partial charge >= 0.3 is 16.1 Å². The predicted octanol–water partition coefficient (Wildman–Crippen LogP) is 4.81. The summed E-state index contributed by atoms with van der Waals surface area (Å²) in [5.41, 5.74) is 2.75. The molecule has 0 bridgehead atoms. The monoisotopic (exact) mass is 418 g/mol. The minimum absolute atomic E-state index is 0.00821. The maximum Gasteiger partial charge on any atom is 0.322 e. The highest BCUT2D eigenvalue weighted by molar-refractivity contribution is 7.87. The molecule has 0 aliphatic rings. The Hall–Kier alpha value is -2.54. The first-order valence-electron chi connectivity index (χ1n) is 9.95. The second-order valence-corrected chi connectivity index (χ2v) is 8.80. The number of carbonyl (C=O) groups is 1. The molecule has 0 aliphatic carbocycles. The SMILES string of the molecule is CCc1ccc(NC(=O)N(Cc2cccc(OS(=O)(=O)CC)c2)C(C)CC)cc1. The van der Waals surface area contributed by atoms with Crippen molar-refractivity contribution >= 4 is 21.8 Å². The minimum Gasteiger partial charge on any atom is -0.382 e. The van der Waals surface area contributed by atoms with E-state index in [0.717, 1.165) is 24.1 Å². The van der Waals surface area contributed by atoms with Gasteiger partial charge in [-0.2, -0.15) is 8.42 Å². The fourth-order valence-electron chi connectivity index (χ4n) is 2.77. The van der Waals surface area contributed by atoms with Gasteiger partial charge in [-0.25, -0.2) is 4.79 Å². The van der Waals surface area contributed by atoms with E-state index in [4.69, 9.17) is 4.18 Å². The Kier molecular flexibility index (Phi) is 8.08. The summed E-state index contributed by atoms with van der Waals surface area (Å²) in [6.45, 7) is 7.97. The van der Waals surface area contributed by atoms with Crippen molar-refractivity contribution in [3.8, 4) is 5.75 Å². The van der Waals surface area contributed by atoms with Gasteiger partial charge < -0.3 is 14.4 Å². The maximum atomic E-state index is 12.9. The van der Waals surface area contributed by atoms with Gasteiger partial charge in [0.15, 0.2) is 0 Å². The van der Waals surface area contributed by atoms with E-state index in [1.54, 1.807) is 23.1 Å². The molecule has 0 saturated carbocycles.